The Bertz CT molecular complexity index is 352. The van der Waals surface area contributed by atoms with Gasteiger partial charge in [-0.3, -0.25) is 0 Å². The largest absolute Gasteiger partial charge is 0.457 e. The molecule has 0 amide bonds. The molecule has 0 radical (unpaired) electrons. The van der Waals surface area contributed by atoms with Crippen molar-refractivity contribution in [1.82, 2.24) is 0 Å². The molecule has 0 saturated carbocycles. The van der Waals surface area contributed by atoms with Crippen molar-refractivity contribution < 1.29 is 28.5 Å². The molecule has 0 unspecified atom stereocenters. The lowest BCUT2D eigenvalue weighted by Gasteiger charge is -2.18. The smallest absolute Gasteiger partial charge is 0.330 e. The third kappa shape index (κ3) is 10.8. The average molecular weight is 300 g/mol. The number of ether oxygens (including phenoxy) is 4. The summed E-state index contributed by atoms with van der Waals surface area (Å²) < 4.78 is 20.8. The Morgan fingerprint density at radius 2 is 1.29 bits per heavy atom. The van der Waals surface area contributed by atoms with Crippen molar-refractivity contribution in [2.75, 3.05) is 19.8 Å². The molecular weight excluding hydrogens is 276 g/mol. The van der Waals surface area contributed by atoms with E-state index in [1.807, 2.05) is 6.92 Å². The van der Waals surface area contributed by atoms with E-state index in [1.165, 1.54) is 0 Å². The summed E-state index contributed by atoms with van der Waals surface area (Å²) in [5, 5.41) is 0. The van der Waals surface area contributed by atoms with Gasteiger partial charge in [-0.2, -0.15) is 0 Å². The van der Waals surface area contributed by atoms with Crippen LogP contribution in [0, 0.1) is 0 Å². The number of hydrogen-bond acceptors (Lipinski definition) is 6. The second-order valence-electron chi connectivity index (χ2n) is 4.58. The zero-order valence-electron chi connectivity index (χ0n) is 12.9. The van der Waals surface area contributed by atoms with Gasteiger partial charge in [0, 0.05) is 12.2 Å². The molecule has 3 atom stereocenters. The van der Waals surface area contributed by atoms with Gasteiger partial charge in [0.05, 0.1) is 25.9 Å². The van der Waals surface area contributed by atoms with E-state index in [2.05, 4.69) is 13.2 Å². The Labute approximate surface area is 125 Å². The minimum absolute atomic E-state index is 0.169. The first-order chi connectivity index (χ1) is 9.88. The van der Waals surface area contributed by atoms with Crippen molar-refractivity contribution in [2.24, 2.45) is 0 Å². The molecule has 0 N–H and O–H groups in total. The molecule has 0 saturated heterocycles. The van der Waals surface area contributed by atoms with E-state index < -0.39 is 11.9 Å². The van der Waals surface area contributed by atoms with Gasteiger partial charge in [-0.1, -0.05) is 13.2 Å². The summed E-state index contributed by atoms with van der Waals surface area (Å²) in [6.45, 7) is 12.8. The lowest BCUT2D eigenvalue weighted by Crippen LogP contribution is -2.26. The SMILES string of the molecule is C=CC(=O)O[C@@H](C)COC[C@@H](C)OC[C@H](C)OC(=O)C=C. The molecule has 0 aliphatic rings. The summed E-state index contributed by atoms with van der Waals surface area (Å²) >= 11 is 0. The molecule has 0 fully saturated rings. The van der Waals surface area contributed by atoms with Crippen LogP contribution < -0.4 is 0 Å². The number of rotatable bonds is 11. The van der Waals surface area contributed by atoms with Crippen LogP contribution in [-0.2, 0) is 28.5 Å². The Morgan fingerprint density at radius 1 is 0.857 bits per heavy atom. The van der Waals surface area contributed by atoms with E-state index in [-0.39, 0.29) is 31.5 Å². The molecule has 0 bridgehead atoms. The van der Waals surface area contributed by atoms with Gasteiger partial charge in [0.2, 0.25) is 0 Å². The molecule has 0 spiro atoms. The van der Waals surface area contributed by atoms with E-state index >= 15 is 0 Å². The van der Waals surface area contributed by atoms with Crippen LogP contribution in [0.15, 0.2) is 25.3 Å². The number of esters is 2. The van der Waals surface area contributed by atoms with Crippen molar-refractivity contribution >= 4 is 11.9 Å². The molecule has 6 nitrogen and oxygen atoms in total. The molecule has 21 heavy (non-hydrogen) atoms. The molecule has 0 aromatic carbocycles. The van der Waals surface area contributed by atoms with Crippen molar-refractivity contribution in [2.45, 2.75) is 39.1 Å². The maximum atomic E-state index is 11.0. The zero-order chi connectivity index (χ0) is 16.3. The van der Waals surface area contributed by atoms with Crippen LogP contribution in [0.2, 0.25) is 0 Å². The summed E-state index contributed by atoms with van der Waals surface area (Å²) in [5.74, 6) is -0.957. The van der Waals surface area contributed by atoms with Gasteiger partial charge >= 0.3 is 11.9 Å². The van der Waals surface area contributed by atoms with Gasteiger partial charge in [-0.15, -0.1) is 0 Å². The quantitative estimate of drug-likeness (QED) is 0.427. The highest BCUT2D eigenvalue weighted by molar-refractivity contribution is 5.81. The Morgan fingerprint density at radius 3 is 1.76 bits per heavy atom. The van der Waals surface area contributed by atoms with Crippen LogP contribution in [0.5, 0.6) is 0 Å². The van der Waals surface area contributed by atoms with Crippen LogP contribution in [0.1, 0.15) is 20.8 Å². The van der Waals surface area contributed by atoms with E-state index in [1.54, 1.807) is 13.8 Å². The second kappa shape index (κ2) is 11.0. The topological polar surface area (TPSA) is 71.1 Å². The van der Waals surface area contributed by atoms with Gasteiger partial charge in [0.25, 0.3) is 0 Å². The summed E-state index contributed by atoms with van der Waals surface area (Å²) in [6, 6.07) is 0. The highest BCUT2D eigenvalue weighted by Gasteiger charge is 2.11. The average Bonchev–Trinajstić information content (AvgIpc) is 2.44. The van der Waals surface area contributed by atoms with Gasteiger partial charge in [0.15, 0.2) is 0 Å². The Kier molecular flexibility index (Phi) is 10.2. The normalized spacial score (nSPS) is 14.6. The van der Waals surface area contributed by atoms with Crippen LogP contribution >= 0.6 is 0 Å². The van der Waals surface area contributed by atoms with E-state index in [9.17, 15) is 9.59 Å². The first-order valence-electron chi connectivity index (χ1n) is 6.74. The fraction of sp³-hybridized carbons (Fsp3) is 0.600. The van der Waals surface area contributed by atoms with Gasteiger partial charge in [-0.25, -0.2) is 9.59 Å². The molecule has 120 valence electrons. The maximum Gasteiger partial charge on any atom is 0.330 e. The minimum Gasteiger partial charge on any atom is -0.457 e. The van der Waals surface area contributed by atoms with Crippen molar-refractivity contribution in [3.8, 4) is 0 Å². The Balaban J connectivity index is 3.73. The summed E-state index contributed by atoms with van der Waals surface area (Å²) in [6.07, 6.45) is 1.33. The fourth-order valence-electron chi connectivity index (χ4n) is 1.31. The number of carbonyl (C=O) groups is 2. The Hall–Kier alpha value is -1.66. The van der Waals surface area contributed by atoms with Gasteiger partial charge < -0.3 is 18.9 Å². The van der Waals surface area contributed by atoms with Crippen LogP contribution in [-0.4, -0.2) is 50.1 Å². The van der Waals surface area contributed by atoms with Crippen LogP contribution in [0.3, 0.4) is 0 Å². The third-order valence-electron chi connectivity index (χ3n) is 2.29. The van der Waals surface area contributed by atoms with E-state index in [0.717, 1.165) is 12.2 Å². The lowest BCUT2D eigenvalue weighted by atomic mass is 10.4. The highest BCUT2D eigenvalue weighted by atomic mass is 16.6. The summed E-state index contributed by atoms with van der Waals surface area (Å²) in [7, 11) is 0. The number of carbonyl (C=O) groups excluding carboxylic acids is 2. The van der Waals surface area contributed by atoms with Crippen molar-refractivity contribution in [3.05, 3.63) is 25.3 Å². The summed E-state index contributed by atoms with van der Waals surface area (Å²) in [4.78, 5) is 21.9. The first kappa shape index (κ1) is 19.3. The molecule has 0 heterocycles. The second-order valence-corrected chi connectivity index (χ2v) is 4.58. The molecule has 0 aliphatic carbocycles. The number of hydrogen-bond donors (Lipinski definition) is 0. The first-order valence-corrected chi connectivity index (χ1v) is 6.74. The maximum absolute atomic E-state index is 11.0. The third-order valence-corrected chi connectivity index (χ3v) is 2.29. The van der Waals surface area contributed by atoms with Crippen LogP contribution in [0.25, 0.3) is 0 Å². The highest BCUT2D eigenvalue weighted by Crippen LogP contribution is 2.00. The van der Waals surface area contributed by atoms with Crippen LogP contribution in [0.4, 0.5) is 0 Å². The molecule has 0 aliphatic heterocycles. The molecule has 0 aromatic heterocycles. The van der Waals surface area contributed by atoms with E-state index in [0.29, 0.717) is 6.61 Å². The predicted molar refractivity (Wildman–Crippen MR) is 77.7 cm³/mol. The monoisotopic (exact) mass is 300 g/mol. The molecule has 0 aromatic rings. The zero-order valence-corrected chi connectivity index (χ0v) is 12.9. The van der Waals surface area contributed by atoms with E-state index in [4.69, 9.17) is 18.9 Å². The molecule has 6 heteroatoms. The fourth-order valence-corrected chi connectivity index (χ4v) is 1.31. The standard InChI is InChI=1S/C15H24O6/c1-6-14(16)20-12(4)9-18-8-11(3)19-10-13(5)21-15(17)7-2/h6-7,11-13H,1-2,8-10H2,3-5H3/t11-,12+,13+/m1/s1. The molecular formula is C15H24O6. The predicted octanol–water partition coefficient (Wildman–Crippen LogP) is 1.64. The summed E-state index contributed by atoms with van der Waals surface area (Å²) in [5.41, 5.74) is 0. The van der Waals surface area contributed by atoms with Crippen molar-refractivity contribution in [1.29, 1.82) is 0 Å². The van der Waals surface area contributed by atoms with Gasteiger partial charge in [0.1, 0.15) is 12.2 Å². The minimum atomic E-state index is -0.479. The lowest BCUT2D eigenvalue weighted by molar-refractivity contribution is -0.149. The van der Waals surface area contributed by atoms with Gasteiger partial charge in [-0.05, 0) is 20.8 Å². The molecule has 0 rings (SSSR count). The van der Waals surface area contributed by atoms with Crippen molar-refractivity contribution in [3.63, 3.8) is 0 Å².